The average Bonchev–Trinajstić information content (AvgIpc) is 3.75. The van der Waals surface area contributed by atoms with Crippen molar-refractivity contribution in [2.75, 3.05) is 0 Å². The lowest BCUT2D eigenvalue weighted by Gasteiger charge is -2.20. The number of nitrogens with zero attached hydrogens (tertiary/aromatic N) is 4. The highest BCUT2D eigenvalue weighted by molar-refractivity contribution is 6.11. The van der Waals surface area contributed by atoms with E-state index in [0.29, 0.717) is 17.5 Å². The van der Waals surface area contributed by atoms with E-state index in [0.717, 1.165) is 55.8 Å². The molecule has 0 atom stereocenters. The Morgan fingerprint density at radius 3 is 1.24 bits per heavy atom. The van der Waals surface area contributed by atoms with Crippen LogP contribution in [0.15, 0.2) is 255 Å². The Balaban J connectivity index is 1.00. The predicted molar refractivity (Wildman–Crippen MR) is 278 cm³/mol. The van der Waals surface area contributed by atoms with Gasteiger partial charge in [-0.3, -0.25) is 0 Å². The van der Waals surface area contributed by atoms with Gasteiger partial charge in [-0.25, -0.2) is 15.0 Å². The number of hydrogen-bond acceptors (Lipinski definition) is 3. The molecule has 314 valence electrons. The molecule has 0 bridgehead atoms. The molecule has 0 saturated carbocycles. The zero-order valence-corrected chi connectivity index (χ0v) is 36.5. The Kier molecular flexibility index (Phi) is 10.2. The molecule has 0 N–H and O–H groups in total. The number of aromatic nitrogens is 4. The minimum absolute atomic E-state index is 0.633. The van der Waals surface area contributed by atoms with Crippen LogP contribution in [0.25, 0.3) is 117 Å². The van der Waals surface area contributed by atoms with Crippen molar-refractivity contribution in [2.45, 2.75) is 0 Å². The van der Waals surface area contributed by atoms with Crippen molar-refractivity contribution < 1.29 is 0 Å². The molecule has 0 aliphatic carbocycles. The summed E-state index contributed by atoms with van der Waals surface area (Å²) in [6, 6.07) is 90.5. The fourth-order valence-electron chi connectivity index (χ4n) is 9.42. The maximum Gasteiger partial charge on any atom is 0.164 e. The standard InChI is InChI=1S/C63H42N4/c1-6-19-43(20-7-1)52-41-55(60(45-21-8-2-9-22-45)56(42-52)51-37-38-59-57(40-51)54-31-16-17-32-58(54)67(59)53-29-14-5-15-30-53)50-28-18-27-49(39-50)44-33-35-48(36-34-44)63-65-61(46-23-10-3-11-24-46)64-62(66-63)47-25-12-4-13-26-47/h1-42H. The van der Waals surface area contributed by atoms with E-state index in [9.17, 15) is 0 Å². The van der Waals surface area contributed by atoms with Gasteiger partial charge in [0.25, 0.3) is 0 Å². The summed E-state index contributed by atoms with van der Waals surface area (Å²) in [6.45, 7) is 0. The van der Waals surface area contributed by atoms with Gasteiger partial charge in [-0.15, -0.1) is 0 Å². The summed E-state index contributed by atoms with van der Waals surface area (Å²) in [5, 5.41) is 2.45. The molecule has 0 radical (unpaired) electrons. The Hall–Kier alpha value is -8.99. The summed E-state index contributed by atoms with van der Waals surface area (Å²) in [5.74, 6) is 1.92. The van der Waals surface area contributed by atoms with Crippen molar-refractivity contribution in [3.05, 3.63) is 255 Å². The van der Waals surface area contributed by atoms with Gasteiger partial charge in [0.05, 0.1) is 11.0 Å². The van der Waals surface area contributed by atoms with Crippen molar-refractivity contribution in [2.24, 2.45) is 0 Å². The Bertz CT molecular complexity index is 3640. The fourth-order valence-corrected chi connectivity index (χ4v) is 9.42. The molecule has 4 heteroatoms. The topological polar surface area (TPSA) is 43.6 Å². The van der Waals surface area contributed by atoms with Gasteiger partial charge in [-0.05, 0) is 104 Å². The van der Waals surface area contributed by atoms with E-state index in [-0.39, 0.29) is 0 Å². The molecule has 0 amide bonds. The van der Waals surface area contributed by atoms with Crippen LogP contribution >= 0.6 is 0 Å². The van der Waals surface area contributed by atoms with Crippen molar-refractivity contribution in [1.82, 2.24) is 19.5 Å². The van der Waals surface area contributed by atoms with Crippen LogP contribution in [0.4, 0.5) is 0 Å². The minimum atomic E-state index is 0.633. The quantitative estimate of drug-likeness (QED) is 0.145. The second-order valence-electron chi connectivity index (χ2n) is 16.8. The molecule has 12 aromatic rings. The molecule has 4 nitrogen and oxygen atoms in total. The van der Waals surface area contributed by atoms with Gasteiger partial charge in [0.1, 0.15) is 0 Å². The molecule has 2 aromatic heterocycles. The van der Waals surface area contributed by atoms with Crippen LogP contribution in [-0.2, 0) is 0 Å². The van der Waals surface area contributed by atoms with Gasteiger partial charge in [-0.2, -0.15) is 0 Å². The summed E-state index contributed by atoms with van der Waals surface area (Å²) in [6.07, 6.45) is 0. The lowest BCUT2D eigenvalue weighted by molar-refractivity contribution is 1.07. The first kappa shape index (κ1) is 39.6. The van der Waals surface area contributed by atoms with E-state index in [1.54, 1.807) is 0 Å². The molecular weight excluding hydrogens is 813 g/mol. The van der Waals surface area contributed by atoms with Crippen LogP contribution in [0.2, 0.25) is 0 Å². The van der Waals surface area contributed by atoms with Gasteiger partial charge in [0.2, 0.25) is 0 Å². The second kappa shape index (κ2) is 17.2. The molecule has 0 spiro atoms. The number of hydrogen-bond donors (Lipinski definition) is 0. The molecule has 2 heterocycles. The van der Waals surface area contributed by atoms with Crippen LogP contribution in [-0.4, -0.2) is 19.5 Å². The van der Waals surface area contributed by atoms with E-state index in [1.807, 2.05) is 60.7 Å². The molecular formula is C63H42N4. The van der Waals surface area contributed by atoms with Crippen LogP contribution in [0, 0.1) is 0 Å². The Morgan fingerprint density at radius 1 is 0.239 bits per heavy atom. The molecule has 12 rings (SSSR count). The Labute approximate surface area is 389 Å². The minimum Gasteiger partial charge on any atom is -0.309 e. The van der Waals surface area contributed by atoms with Crippen LogP contribution < -0.4 is 0 Å². The van der Waals surface area contributed by atoms with Gasteiger partial charge in [0.15, 0.2) is 17.5 Å². The summed E-state index contributed by atoms with van der Waals surface area (Å²) >= 11 is 0. The smallest absolute Gasteiger partial charge is 0.164 e. The third-order valence-corrected chi connectivity index (χ3v) is 12.7. The first-order valence-electron chi connectivity index (χ1n) is 22.7. The van der Waals surface area contributed by atoms with Gasteiger partial charge < -0.3 is 4.57 Å². The van der Waals surface area contributed by atoms with E-state index in [4.69, 9.17) is 15.0 Å². The first-order chi connectivity index (χ1) is 33.2. The monoisotopic (exact) mass is 854 g/mol. The molecule has 10 aromatic carbocycles. The average molecular weight is 855 g/mol. The van der Waals surface area contributed by atoms with Gasteiger partial charge in [0, 0.05) is 33.2 Å². The fraction of sp³-hybridized carbons (Fsp3) is 0. The van der Waals surface area contributed by atoms with Gasteiger partial charge in [-0.1, -0.05) is 206 Å². The molecule has 67 heavy (non-hydrogen) atoms. The molecule has 0 aliphatic rings. The zero-order valence-electron chi connectivity index (χ0n) is 36.5. The van der Waals surface area contributed by atoms with Gasteiger partial charge >= 0.3 is 0 Å². The normalized spacial score (nSPS) is 11.3. The highest BCUT2D eigenvalue weighted by atomic mass is 15.0. The number of benzene rings is 10. The number of rotatable bonds is 9. The molecule has 0 aliphatic heterocycles. The van der Waals surface area contributed by atoms with Crippen LogP contribution in [0.3, 0.4) is 0 Å². The summed E-state index contributed by atoms with van der Waals surface area (Å²) < 4.78 is 2.38. The van der Waals surface area contributed by atoms with Crippen molar-refractivity contribution >= 4 is 21.8 Å². The zero-order chi connectivity index (χ0) is 44.5. The van der Waals surface area contributed by atoms with Crippen LogP contribution in [0.1, 0.15) is 0 Å². The van der Waals surface area contributed by atoms with E-state index in [1.165, 1.54) is 44.1 Å². The second-order valence-corrected chi connectivity index (χ2v) is 16.8. The van der Waals surface area contributed by atoms with E-state index in [2.05, 4.69) is 199 Å². The SMILES string of the molecule is c1ccc(-c2cc(-c3cccc(-c4ccc(-c5nc(-c6ccccc6)nc(-c6ccccc6)n5)cc4)c3)c(-c3ccccc3)c(-c3ccc4c(c3)c3ccccc3n4-c3ccccc3)c2)cc1. The van der Waals surface area contributed by atoms with E-state index >= 15 is 0 Å². The van der Waals surface area contributed by atoms with Crippen molar-refractivity contribution in [3.63, 3.8) is 0 Å². The maximum absolute atomic E-state index is 4.98. The predicted octanol–water partition coefficient (Wildman–Crippen LogP) is 16.3. The number of fused-ring (bicyclic) bond motifs is 3. The first-order valence-corrected chi connectivity index (χ1v) is 22.7. The third-order valence-electron chi connectivity index (χ3n) is 12.7. The van der Waals surface area contributed by atoms with E-state index < -0.39 is 0 Å². The largest absolute Gasteiger partial charge is 0.309 e. The van der Waals surface area contributed by atoms with Crippen LogP contribution in [0.5, 0.6) is 0 Å². The summed E-state index contributed by atoms with van der Waals surface area (Å²) in [7, 11) is 0. The lowest BCUT2D eigenvalue weighted by atomic mass is 9.84. The third kappa shape index (κ3) is 7.57. The summed E-state index contributed by atoms with van der Waals surface area (Å²) in [5.41, 5.74) is 17.9. The molecule has 0 fully saturated rings. The van der Waals surface area contributed by atoms with Crippen molar-refractivity contribution in [1.29, 1.82) is 0 Å². The lowest BCUT2D eigenvalue weighted by Crippen LogP contribution is -2.00. The summed E-state index contributed by atoms with van der Waals surface area (Å²) in [4.78, 5) is 14.9. The highest BCUT2D eigenvalue weighted by Crippen LogP contribution is 2.45. The maximum atomic E-state index is 4.98. The number of para-hydroxylation sites is 2. The molecule has 0 saturated heterocycles. The Morgan fingerprint density at radius 2 is 0.642 bits per heavy atom. The van der Waals surface area contributed by atoms with Crippen molar-refractivity contribution in [3.8, 4) is 95.5 Å². The highest BCUT2D eigenvalue weighted by Gasteiger charge is 2.20. The molecule has 0 unspecified atom stereocenters.